The summed E-state index contributed by atoms with van der Waals surface area (Å²) in [6.45, 7) is 6.76. The van der Waals surface area contributed by atoms with E-state index in [2.05, 4.69) is 79.3 Å². The van der Waals surface area contributed by atoms with Crippen LogP contribution in [-0.2, 0) is 12.8 Å². The van der Waals surface area contributed by atoms with E-state index in [0.29, 0.717) is 5.92 Å². The standard InChI is InChI=1S/C28H36N2/c1-4-6-7-8-9-10-23-11-13-25(14-12-23)26-15-17-27(18-16-26)28-29-20-24(21-30-28)19-22(3)5-2/h11-18,20-22H,4-10,19H2,1-3H3. The molecule has 0 bridgehead atoms. The van der Waals surface area contributed by atoms with Gasteiger partial charge in [-0.3, -0.25) is 0 Å². The summed E-state index contributed by atoms with van der Waals surface area (Å²) in [6, 6.07) is 17.6. The first-order chi connectivity index (χ1) is 14.7. The molecule has 0 spiro atoms. The van der Waals surface area contributed by atoms with Crippen LogP contribution >= 0.6 is 0 Å². The van der Waals surface area contributed by atoms with E-state index in [1.54, 1.807) is 0 Å². The molecule has 1 atom stereocenters. The van der Waals surface area contributed by atoms with E-state index in [1.165, 1.54) is 67.2 Å². The van der Waals surface area contributed by atoms with E-state index in [1.807, 2.05) is 12.4 Å². The van der Waals surface area contributed by atoms with Gasteiger partial charge in [0.05, 0.1) is 0 Å². The Morgan fingerprint density at radius 2 is 1.23 bits per heavy atom. The molecule has 1 aromatic heterocycles. The lowest BCUT2D eigenvalue weighted by molar-refractivity contribution is 0.558. The highest BCUT2D eigenvalue weighted by atomic mass is 14.9. The Kier molecular flexibility index (Phi) is 8.62. The van der Waals surface area contributed by atoms with Gasteiger partial charge in [-0.1, -0.05) is 101 Å². The summed E-state index contributed by atoms with van der Waals surface area (Å²) in [5.41, 5.74) is 6.23. The van der Waals surface area contributed by atoms with Gasteiger partial charge < -0.3 is 0 Å². The Labute approximate surface area is 182 Å². The van der Waals surface area contributed by atoms with Gasteiger partial charge in [-0.25, -0.2) is 9.97 Å². The number of unbranched alkanes of at least 4 members (excludes halogenated alkanes) is 4. The maximum Gasteiger partial charge on any atom is 0.159 e. The fraction of sp³-hybridized carbons (Fsp3) is 0.429. The highest BCUT2D eigenvalue weighted by molar-refractivity contribution is 5.67. The Hall–Kier alpha value is -2.48. The molecule has 0 aliphatic heterocycles. The number of hydrogen-bond acceptors (Lipinski definition) is 2. The second-order valence-electron chi connectivity index (χ2n) is 8.57. The zero-order chi connectivity index (χ0) is 21.2. The summed E-state index contributed by atoms with van der Waals surface area (Å²) < 4.78 is 0. The predicted octanol–water partition coefficient (Wildman–Crippen LogP) is 7.91. The van der Waals surface area contributed by atoms with Crippen molar-refractivity contribution in [2.45, 2.75) is 72.1 Å². The molecule has 0 saturated heterocycles. The van der Waals surface area contributed by atoms with Crippen LogP contribution in [0.2, 0.25) is 0 Å². The molecule has 2 aromatic carbocycles. The maximum atomic E-state index is 4.59. The minimum absolute atomic E-state index is 0.672. The zero-order valence-corrected chi connectivity index (χ0v) is 18.9. The van der Waals surface area contributed by atoms with Gasteiger partial charge in [0.25, 0.3) is 0 Å². The van der Waals surface area contributed by atoms with Crippen LogP contribution in [-0.4, -0.2) is 9.97 Å². The van der Waals surface area contributed by atoms with Crippen molar-refractivity contribution in [3.63, 3.8) is 0 Å². The monoisotopic (exact) mass is 400 g/mol. The van der Waals surface area contributed by atoms with Gasteiger partial charge in [0.2, 0.25) is 0 Å². The quantitative estimate of drug-likeness (QED) is 0.306. The van der Waals surface area contributed by atoms with Crippen molar-refractivity contribution >= 4 is 0 Å². The first-order valence-corrected chi connectivity index (χ1v) is 11.7. The minimum atomic E-state index is 0.672. The molecule has 30 heavy (non-hydrogen) atoms. The molecule has 0 amide bonds. The van der Waals surface area contributed by atoms with Crippen molar-refractivity contribution in [3.05, 3.63) is 72.1 Å². The molecule has 2 nitrogen and oxygen atoms in total. The minimum Gasteiger partial charge on any atom is -0.236 e. The van der Waals surface area contributed by atoms with E-state index in [4.69, 9.17) is 0 Å². The smallest absolute Gasteiger partial charge is 0.159 e. The average Bonchev–Trinajstić information content (AvgIpc) is 2.80. The third-order valence-corrected chi connectivity index (χ3v) is 5.99. The van der Waals surface area contributed by atoms with Crippen LogP contribution < -0.4 is 0 Å². The van der Waals surface area contributed by atoms with Crippen molar-refractivity contribution in [2.75, 3.05) is 0 Å². The van der Waals surface area contributed by atoms with Gasteiger partial charge in [-0.15, -0.1) is 0 Å². The second kappa shape index (κ2) is 11.6. The lowest BCUT2D eigenvalue weighted by Gasteiger charge is -2.08. The summed E-state index contributed by atoms with van der Waals surface area (Å²) in [5, 5.41) is 0. The Morgan fingerprint density at radius 3 is 1.83 bits per heavy atom. The van der Waals surface area contributed by atoms with Gasteiger partial charge >= 0.3 is 0 Å². The number of rotatable bonds is 11. The van der Waals surface area contributed by atoms with Crippen LogP contribution in [0, 0.1) is 5.92 Å². The molecule has 3 aromatic rings. The Bertz CT molecular complexity index is 864. The van der Waals surface area contributed by atoms with Crippen molar-refractivity contribution in [3.8, 4) is 22.5 Å². The number of benzene rings is 2. The zero-order valence-electron chi connectivity index (χ0n) is 18.9. The summed E-state index contributed by atoms with van der Waals surface area (Å²) in [6.07, 6.45) is 14.0. The molecule has 0 aliphatic carbocycles. The lowest BCUT2D eigenvalue weighted by Crippen LogP contribution is -2.00. The largest absolute Gasteiger partial charge is 0.236 e. The van der Waals surface area contributed by atoms with Crippen LogP contribution in [0.4, 0.5) is 0 Å². The SMILES string of the molecule is CCCCCCCc1ccc(-c2ccc(-c3ncc(CC(C)CC)cn3)cc2)cc1. The van der Waals surface area contributed by atoms with Crippen LogP contribution in [0.5, 0.6) is 0 Å². The summed E-state index contributed by atoms with van der Waals surface area (Å²) >= 11 is 0. The summed E-state index contributed by atoms with van der Waals surface area (Å²) in [7, 11) is 0. The van der Waals surface area contributed by atoms with Gasteiger partial charge in [0, 0.05) is 18.0 Å². The normalized spacial score (nSPS) is 12.1. The van der Waals surface area contributed by atoms with Crippen molar-refractivity contribution in [1.29, 1.82) is 0 Å². The van der Waals surface area contributed by atoms with Crippen LogP contribution in [0.1, 0.15) is 70.4 Å². The maximum absolute atomic E-state index is 4.59. The van der Waals surface area contributed by atoms with E-state index < -0.39 is 0 Å². The average molecular weight is 401 g/mol. The van der Waals surface area contributed by atoms with Crippen molar-refractivity contribution in [2.24, 2.45) is 5.92 Å². The fourth-order valence-corrected chi connectivity index (χ4v) is 3.76. The Balaban J connectivity index is 1.58. The highest BCUT2D eigenvalue weighted by Crippen LogP contribution is 2.24. The molecule has 1 heterocycles. The van der Waals surface area contributed by atoms with Gasteiger partial charge in [-0.2, -0.15) is 0 Å². The molecule has 1 unspecified atom stereocenters. The molecule has 0 saturated carbocycles. The molecule has 0 N–H and O–H groups in total. The predicted molar refractivity (Wildman–Crippen MR) is 129 cm³/mol. The highest BCUT2D eigenvalue weighted by Gasteiger charge is 2.06. The molecule has 0 aliphatic rings. The third kappa shape index (κ3) is 6.52. The first kappa shape index (κ1) is 22.2. The van der Waals surface area contributed by atoms with Gasteiger partial charge in [-0.05, 0) is 47.4 Å². The molecule has 0 fully saturated rings. The van der Waals surface area contributed by atoms with Crippen molar-refractivity contribution < 1.29 is 0 Å². The Morgan fingerprint density at radius 1 is 0.667 bits per heavy atom. The molecule has 3 rings (SSSR count). The van der Waals surface area contributed by atoms with Crippen molar-refractivity contribution in [1.82, 2.24) is 9.97 Å². The van der Waals surface area contributed by atoms with E-state index in [-0.39, 0.29) is 0 Å². The number of hydrogen-bond donors (Lipinski definition) is 0. The van der Waals surface area contributed by atoms with Crippen LogP contribution in [0.25, 0.3) is 22.5 Å². The molecule has 2 heteroatoms. The molecule has 0 radical (unpaired) electrons. The fourth-order valence-electron chi connectivity index (χ4n) is 3.76. The van der Waals surface area contributed by atoms with E-state index in [0.717, 1.165) is 17.8 Å². The van der Waals surface area contributed by atoms with Gasteiger partial charge in [0.15, 0.2) is 5.82 Å². The summed E-state index contributed by atoms with van der Waals surface area (Å²) in [4.78, 5) is 9.17. The molecule has 158 valence electrons. The number of aromatic nitrogens is 2. The topological polar surface area (TPSA) is 25.8 Å². The van der Waals surface area contributed by atoms with E-state index in [9.17, 15) is 0 Å². The van der Waals surface area contributed by atoms with Gasteiger partial charge in [0.1, 0.15) is 0 Å². The first-order valence-electron chi connectivity index (χ1n) is 11.7. The van der Waals surface area contributed by atoms with Crippen LogP contribution in [0.15, 0.2) is 60.9 Å². The molecular weight excluding hydrogens is 364 g/mol. The number of aryl methyl sites for hydroxylation is 1. The van der Waals surface area contributed by atoms with E-state index >= 15 is 0 Å². The van der Waals surface area contributed by atoms with Crippen LogP contribution in [0.3, 0.4) is 0 Å². The third-order valence-electron chi connectivity index (χ3n) is 5.99. The second-order valence-corrected chi connectivity index (χ2v) is 8.57. The lowest BCUT2D eigenvalue weighted by atomic mass is 10.00. The number of nitrogens with zero attached hydrogens (tertiary/aromatic N) is 2. The summed E-state index contributed by atoms with van der Waals surface area (Å²) in [5.74, 6) is 1.47. The molecular formula is C28H36N2.